The fourth-order valence-corrected chi connectivity index (χ4v) is 2.95. The third kappa shape index (κ3) is 5.17. The normalized spacial score (nSPS) is 26.6. The Morgan fingerprint density at radius 3 is 3.10 bits per heavy atom. The number of allylic oxidation sites excluding steroid dienone is 2. The molecule has 0 aromatic carbocycles. The molecule has 2 aliphatic heterocycles. The highest BCUT2D eigenvalue weighted by Crippen LogP contribution is 2.21. The molecular weight excluding hydrogens is 253 g/mol. The van der Waals surface area contributed by atoms with Crippen LogP contribution in [0.15, 0.2) is 28.9 Å². The van der Waals surface area contributed by atoms with Crippen LogP contribution in [-0.4, -0.2) is 37.6 Å². The Morgan fingerprint density at radius 2 is 2.35 bits per heavy atom. The van der Waals surface area contributed by atoms with Crippen molar-refractivity contribution in [1.82, 2.24) is 10.6 Å². The maximum absolute atomic E-state index is 13.4. The van der Waals surface area contributed by atoms with Gasteiger partial charge in [0.25, 0.3) is 0 Å². The van der Waals surface area contributed by atoms with Crippen LogP contribution in [0.3, 0.4) is 0 Å². The van der Waals surface area contributed by atoms with Crippen molar-refractivity contribution in [2.75, 3.05) is 19.6 Å². The fraction of sp³-hybridized carbons (Fsp3) is 0.688. The summed E-state index contributed by atoms with van der Waals surface area (Å²) in [7, 11) is 0. The highest BCUT2D eigenvalue weighted by molar-refractivity contribution is 5.79. The Balaban J connectivity index is 1.74. The summed E-state index contributed by atoms with van der Waals surface area (Å²) in [6.07, 6.45) is 8.65. The molecular formula is C16H26FN3. The van der Waals surface area contributed by atoms with Crippen molar-refractivity contribution >= 4 is 6.21 Å². The molecule has 4 heteroatoms. The van der Waals surface area contributed by atoms with E-state index in [9.17, 15) is 4.39 Å². The van der Waals surface area contributed by atoms with E-state index in [0.29, 0.717) is 0 Å². The molecule has 2 aliphatic rings. The molecule has 2 unspecified atom stereocenters. The first kappa shape index (κ1) is 15.4. The number of nitrogens with one attached hydrogen (secondary N) is 2. The second kappa shape index (κ2) is 7.14. The van der Waals surface area contributed by atoms with E-state index < -0.39 is 6.17 Å². The second-order valence-electron chi connectivity index (χ2n) is 6.43. The standard InChI is InChI=1S/C16H26FN3/c1-16(2,10-14-3-6-18-12-14)20-8-4-13-9-15(17)5-7-19-11-13/h5,7,9,11,14-15,18,20H,3-4,6,8,10,12H2,1-2H3. The van der Waals surface area contributed by atoms with Crippen LogP contribution < -0.4 is 10.6 Å². The molecule has 112 valence electrons. The molecule has 3 nitrogen and oxygen atoms in total. The maximum Gasteiger partial charge on any atom is 0.139 e. The number of rotatable bonds is 6. The van der Waals surface area contributed by atoms with Crippen LogP contribution in [0, 0.1) is 5.92 Å². The van der Waals surface area contributed by atoms with Crippen molar-refractivity contribution in [3.05, 3.63) is 23.9 Å². The van der Waals surface area contributed by atoms with Gasteiger partial charge in [-0.25, -0.2) is 4.39 Å². The van der Waals surface area contributed by atoms with Crippen LogP contribution in [0.1, 0.15) is 33.1 Å². The van der Waals surface area contributed by atoms with Gasteiger partial charge >= 0.3 is 0 Å². The first-order chi connectivity index (χ1) is 9.55. The summed E-state index contributed by atoms with van der Waals surface area (Å²) in [6.45, 7) is 7.64. The van der Waals surface area contributed by atoms with Gasteiger partial charge in [0.2, 0.25) is 0 Å². The van der Waals surface area contributed by atoms with E-state index in [1.807, 2.05) is 0 Å². The monoisotopic (exact) mass is 279 g/mol. The van der Waals surface area contributed by atoms with Gasteiger partial charge in [0.1, 0.15) is 6.17 Å². The smallest absolute Gasteiger partial charge is 0.139 e. The number of hydrogen-bond acceptors (Lipinski definition) is 3. The molecule has 0 bridgehead atoms. The zero-order valence-corrected chi connectivity index (χ0v) is 12.5. The van der Waals surface area contributed by atoms with Crippen molar-refractivity contribution in [3.8, 4) is 0 Å². The van der Waals surface area contributed by atoms with E-state index in [1.165, 1.54) is 25.1 Å². The van der Waals surface area contributed by atoms with Crippen molar-refractivity contribution in [2.24, 2.45) is 10.9 Å². The molecule has 1 saturated heterocycles. The van der Waals surface area contributed by atoms with Crippen LogP contribution in [-0.2, 0) is 0 Å². The summed E-state index contributed by atoms with van der Waals surface area (Å²) in [5.74, 6) is 0.774. The van der Waals surface area contributed by atoms with Gasteiger partial charge < -0.3 is 10.6 Å². The Hall–Kier alpha value is -1.00. The van der Waals surface area contributed by atoms with E-state index in [2.05, 4.69) is 29.5 Å². The van der Waals surface area contributed by atoms with E-state index in [4.69, 9.17) is 0 Å². The maximum atomic E-state index is 13.4. The molecule has 1 fully saturated rings. The quantitative estimate of drug-likeness (QED) is 0.784. The fourth-order valence-electron chi connectivity index (χ4n) is 2.95. The molecule has 2 atom stereocenters. The second-order valence-corrected chi connectivity index (χ2v) is 6.43. The lowest BCUT2D eigenvalue weighted by Gasteiger charge is -2.29. The zero-order chi connectivity index (χ0) is 14.4. The molecule has 2 heterocycles. The minimum Gasteiger partial charge on any atom is -0.316 e. The van der Waals surface area contributed by atoms with Crippen molar-refractivity contribution < 1.29 is 4.39 Å². The summed E-state index contributed by atoms with van der Waals surface area (Å²) in [5.41, 5.74) is 1.10. The van der Waals surface area contributed by atoms with Gasteiger partial charge in [-0.2, -0.15) is 0 Å². The lowest BCUT2D eigenvalue weighted by atomic mass is 9.90. The van der Waals surface area contributed by atoms with E-state index in [1.54, 1.807) is 12.3 Å². The van der Waals surface area contributed by atoms with Crippen LogP contribution in [0.25, 0.3) is 0 Å². The molecule has 2 N–H and O–H groups in total. The SMILES string of the molecule is CC(C)(CC1CCNC1)NCCC1=CC(F)C=CN=C1. The Labute approximate surface area is 121 Å². The first-order valence-electron chi connectivity index (χ1n) is 7.55. The summed E-state index contributed by atoms with van der Waals surface area (Å²) < 4.78 is 13.4. The number of nitrogens with zero attached hydrogens (tertiary/aromatic N) is 1. The number of halogens is 1. The van der Waals surface area contributed by atoms with Gasteiger partial charge in [0, 0.05) is 18.0 Å². The predicted molar refractivity (Wildman–Crippen MR) is 82.9 cm³/mol. The molecule has 0 aliphatic carbocycles. The molecule has 0 aromatic rings. The van der Waals surface area contributed by atoms with E-state index in [-0.39, 0.29) is 5.54 Å². The van der Waals surface area contributed by atoms with Gasteiger partial charge in [-0.05, 0) is 76.4 Å². The largest absolute Gasteiger partial charge is 0.316 e. The molecule has 0 spiro atoms. The van der Waals surface area contributed by atoms with Gasteiger partial charge in [-0.3, -0.25) is 4.99 Å². The minimum atomic E-state index is -1.01. The molecule has 0 radical (unpaired) electrons. The average Bonchev–Trinajstić information content (AvgIpc) is 2.77. The van der Waals surface area contributed by atoms with Gasteiger partial charge in [0.05, 0.1) is 0 Å². The van der Waals surface area contributed by atoms with Crippen LogP contribution in [0.4, 0.5) is 4.39 Å². The zero-order valence-electron chi connectivity index (χ0n) is 12.5. The third-order valence-electron chi connectivity index (χ3n) is 3.95. The van der Waals surface area contributed by atoms with Crippen LogP contribution >= 0.6 is 0 Å². The van der Waals surface area contributed by atoms with Crippen molar-refractivity contribution in [3.63, 3.8) is 0 Å². The molecule has 0 saturated carbocycles. The molecule has 0 aromatic heterocycles. The number of aliphatic imine (C=N–C) groups is 1. The lowest BCUT2D eigenvalue weighted by Crippen LogP contribution is -2.42. The number of alkyl halides is 1. The molecule has 2 rings (SSSR count). The molecule has 20 heavy (non-hydrogen) atoms. The highest BCUT2D eigenvalue weighted by Gasteiger charge is 2.24. The van der Waals surface area contributed by atoms with Gasteiger partial charge in [0.15, 0.2) is 0 Å². The highest BCUT2D eigenvalue weighted by atomic mass is 19.1. The topological polar surface area (TPSA) is 36.4 Å². The Bertz CT molecular complexity index is 393. The first-order valence-corrected chi connectivity index (χ1v) is 7.55. The van der Waals surface area contributed by atoms with Crippen molar-refractivity contribution in [2.45, 2.75) is 44.8 Å². The summed E-state index contributed by atoms with van der Waals surface area (Å²) in [4.78, 5) is 4.05. The molecule has 0 amide bonds. The lowest BCUT2D eigenvalue weighted by molar-refractivity contribution is 0.309. The Kier molecular flexibility index (Phi) is 5.49. The van der Waals surface area contributed by atoms with Crippen LogP contribution in [0.5, 0.6) is 0 Å². The summed E-state index contributed by atoms with van der Waals surface area (Å²) in [5, 5.41) is 7.01. The van der Waals surface area contributed by atoms with E-state index in [0.717, 1.165) is 37.5 Å². The number of hydrogen-bond donors (Lipinski definition) is 2. The van der Waals surface area contributed by atoms with Crippen molar-refractivity contribution in [1.29, 1.82) is 0 Å². The third-order valence-corrected chi connectivity index (χ3v) is 3.95. The average molecular weight is 279 g/mol. The predicted octanol–water partition coefficient (Wildman–Crippen LogP) is 2.61. The summed E-state index contributed by atoms with van der Waals surface area (Å²) in [6, 6.07) is 0. The Morgan fingerprint density at radius 1 is 1.50 bits per heavy atom. The van der Waals surface area contributed by atoms with Gasteiger partial charge in [-0.1, -0.05) is 0 Å². The summed E-state index contributed by atoms with van der Waals surface area (Å²) >= 11 is 0. The van der Waals surface area contributed by atoms with Gasteiger partial charge in [-0.15, -0.1) is 0 Å². The van der Waals surface area contributed by atoms with E-state index >= 15 is 0 Å². The minimum absolute atomic E-state index is 0.131. The van der Waals surface area contributed by atoms with Crippen LogP contribution in [0.2, 0.25) is 0 Å².